The molecule has 0 aliphatic carbocycles. The van der Waals surface area contributed by atoms with Gasteiger partial charge < -0.3 is 9.64 Å². The van der Waals surface area contributed by atoms with E-state index in [1.165, 1.54) is 0 Å². The summed E-state index contributed by atoms with van der Waals surface area (Å²) in [5.74, 6) is 0.618. The maximum atomic E-state index is 12.8. The molecule has 1 atom stereocenters. The molecule has 0 spiro atoms. The lowest BCUT2D eigenvalue weighted by Gasteiger charge is -2.23. The molecule has 0 saturated carbocycles. The number of aromatic nitrogens is 1. The van der Waals surface area contributed by atoms with E-state index >= 15 is 0 Å². The Balaban J connectivity index is 1.46. The third-order valence-electron chi connectivity index (χ3n) is 4.97. The number of likely N-dealkylation sites (N-methyl/N-ethyl adjacent to an activating group) is 1. The normalized spacial score (nSPS) is 11.9. The minimum atomic E-state index is -0.118. The minimum Gasteiger partial charge on any atom is -0.483 e. The molecule has 4 nitrogen and oxygen atoms in total. The lowest BCUT2D eigenvalue weighted by molar-refractivity contribution is -0.133. The number of carbonyl (C=O) groups excluding carboxylic acids is 1. The highest BCUT2D eigenvalue weighted by Gasteiger charge is 2.21. The first-order valence-electron chi connectivity index (χ1n) is 9.52. The van der Waals surface area contributed by atoms with Crippen LogP contribution in [0.4, 0.5) is 0 Å². The summed E-state index contributed by atoms with van der Waals surface area (Å²) in [5, 5.41) is 0.923. The highest BCUT2D eigenvalue weighted by Crippen LogP contribution is 2.31. The van der Waals surface area contributed by atoms with Crippen LogP contribution in [0.3, 0.4) is 0 Å². The van der Waals surface area contributed by atoms with Crippen LogP contribution in [0.5, 0.6) is 5.75 Å². The van der Waals surface area contributed by atoms with Crippen LogP contribution in [0.25, 0.3) is 21.3 Å². The van der Waals surface area contributed by atoms with Crippen molar-refractivity contribution in [3.05, 3.63) is 83.9 Å². The van der Waals surface area contributed by atoms with Gasteiger partial charge in [0, 0.05) is 12.6 Å². The number of hydrogen-bond donors (Lipinski definition) is 0. The van der Waals surface area contributed by atoms with Gasteiger partial charge in [-0.05, 0) is 30.7 Å². The van der Waals surface area contributed by atoms with E-state index in [0.717, 1.165) is 26.4 Å². The second-order valence-electron chi connectivity index (χ2n) is 6.85. The van der Waals surface area contributed by atoms with Gasteiger partial charge >= 0.3 is 0 Å². The fraction of sp³-hybridized carbons (Fsp3) is 0.167. The van der Waals surface area contributed by atoms with Crippen molar-refractivity contribution in [1.82, 2.24) is 9.88 Å². The van der Waals surface area contributed by atoms with Crippen LogP contribution in [0.2, 0.25) is 0 Å². The van der Waals surface area contributed by atoms with Gasteiger partial charge in [-0.1, -0.05) is 60.7 Å². The summed E-state index contributed by atoms with van der Waals surface area (Å²) in [6, 6.07) is 25.7. The first kappa shape index (κ1) is 19.2. The number of amides is 1. The van der Waals surface area contributed by atoms with Gasteiger partial charge in [0.05, 0.1) is 16.3 Å². The SMILES string of the molecule is C[C@@H](c1nc2ccccc2s1)N(C)C(=O)COc1ccccc1-c1ccccc1. The molecule has 0 aliphatic rings. The second kappa shape index (κ2) is 8.45. The summed E-state index contributed by atoms with van der Waals surface area (Å²) < 4.78 is 7.04. The Morgan fingerprint density at radius 3 is 2.48 bits per heavy atom. The van der Waals surface area contributed by atoms with Gasteiger partial charge in [-0.3, -0.25) is 4.79 Å². The zero-order valence-electron chi connectivity index (χ0n) is 16.4. The Hall–Kier alpha value is -3.18. The third kappa shape index (κ3) is 4.15. The van der Waals surface area contributed by atoms with Crippen molar-refractivity contribution in [2.24, 2.45) is 0 Å². The van der Waals surface area contributed by atoms with Gasteiger partial charge in [-0.25, -0.2) is 4.98 Å². The van der Waals surface area contributed by atoms with Gasteiger partial charge in [0.15, 0.2) is 6.61 Å². The summed E-state index contributed by atoms with van der Waals surface area (Å²) in [7, 11) is 1.80. The molecule has 1 aromatic heterocycles. The summed E-state index contributed by atoms with van der Waals surface area (Å²) in [6.45, 7) is 1.98. The molecule has 3 aromatic carbocycles. The molecule has 1 amide bonds. The predicted molar refractivity (Wildman–Crippen MR) is 118 cm³/mol. The van der Waals surface area contributed by atoms with Crippen LogP contribution in [0.15, 0.2) is 78.9 Å². The Labute approximate surface area is 174 Å². The maximum absolute atomic E-state index is 12.8. The van der Waals surface area contributed by atoms with Gasteiger partial charge in [0.1, 0.15) is 10.8 Å². The number of benzene rings is 3. The van der Waals surface area contributed by atoms with E-state index in [-0.39, 0.29) is 18.6 Å². The minimum absolute atomic E-state index is 0.0183. The van der Waals surface area contributed by atoms with Crippen LogP contribution >= 0.6 is 11.3 Å². The van der Waals surface area contributed by atoms with Gasteiger partial charge in [0.25, 0.3) is 5.91 Å². The molecule has 0 unspecified atom stereocenters. The first-order valence-corrected chi connectivity index (χ1v) is 10.3. The zero-order chi connectivity index (χ0) is 20.2. The monoisotopic (exact) mass is 402 g/mol. The topological polar surface area (TPSA) is 42.4 Å². The molecule has 0 saturated heterocycles. The first-order chi connectivity index (χ1) is 14.1. The molecule has 146 valence electrons. The zero-order valence-corrected chi connectivity index (χ0v) is 17.2. The Morgan fingerprint density at radius 1 is 1.00 bits per heavy atom. The highest BCUT2D eigenvalue weighted by molar-refractivity contribution is 7.18. The molecule has 0 aliphatic heterocycles. The predicted octanol–water partition coefficient (Wildman–Crippen LogP) is 5.56. The van der Waals surface area contributed by atoms with E-state index in [1.807, 2.05) is 79.7 Å². The number of carbonyl (C=O) groups is 1. The number of hydrogen-bond acceptors (Lipinski definition) is 4. The number of para-hydroxylation sites is 2. The summed E-state index contributed by atoms with van der Waals surface area (Å²) >= 11 is 1.62. The molecule has 4 rings (SSSR count). The van der Waals surface area contributed by atoms with Crippen LogP contribution in [0, 0.1) is 0 Å². The largest absolute Gasteiger partial charge is 0.483 e. The van der Waals surface area contributed by atoms with Crippen molar-refractivity contribution in [1.29, 1.82) is 0 Å². The number of ether oxygens (including phenoxy) is 1. The van der Waals surface area contributed by atoms with Crippen LogP contribution in [-0.2, 0) is 4.79 Å². The van der Waals surface area contributed by atoms with Crippen molar-refractivity contribution in [3.63, 3.8) is 0 Å². The standard InChI is InChI=1S/C24H22N2O2S/c1-17(24-25-20-13-7-9-15-22(20)29-24)26(2)23(27)16-28-21-14-8-6-12-19(21)18-10-4-3-5-11-18/h3-15,17H,16H2,1-2H3/t17-/m0/s1. The fourth-order valence-electron chi connectivity index (χ4n) is 3.14. The molecule has 4 aromatic rings. The van der Waals surface area contributed by atoms with Gasteiger partial charge in [-0.15, -0.1) is 11.3 Å². The van der Waals surface area contributed by atoms with E-state index < -0.39 is 0 Å². The van der Waals surface area contributed by atoms with Crippen molar-refractivity contribution in [2.45, 2.75) is 13.0 Å². The van der Waals surface area contributed by atoms with E-state index in [9.17, 15) is 4.79 Å². The Morgan fingerprint density at radius 2 is 1.69 bits per heavy atom. The number of thiazole rings is 1. The molecule has 0 fully saturated rings. The fourth-order valence-corrected chi connectivity index (χ4v) is 4.20. The smallest absolute Gasteiger partial charge is 0.260 e. The van der Waals surface area contributed by atoms with E-state index in [1.54, 1.807) is 23.3 Å². The van der Waals surface area contributed by atoms with E-state index in [4.69, 9.17) is 4.74 Å². The summed E-state index contributed by atoms with van der Waals surface area (Å²) in [5.41, 5.74) is 3.00. The molecular weight excluding hydrogens is 380 g/mol. The molecule has 0 radical (unpaired) electrons. The molecule has 0 bridgehead atoms. The lowest BCUT2D eigenvalue weighted by Crippen LogP contribution is -2.33. The quantitative estimate of drug-likeness (QED) is 0.424. The van der Waals surface area contributed by atoms with Crippen molar-refractivity contribution < 1.29 is 9.53 Å². The van der Waals surface area contributed by atoms with E-state index in [2.05, 4.69) is 11.1 Å². The van der Waals surface area contributed by atoms with Crippen molar-refractivity contribution in [2.75, 3.05) is 13.7 Å². The van der Waals surface area contributed by atoms with Crippen molar-refractivity contribution in [3.8, 4) is 16.9 Å². The second-order valence-corrected chi connectivity index (χ2v) is 7.91. The third-order valence-corrected chi connectivity index (χ3v) is 6.17. The average molecular weight is 403 g/mol. The van der Waals surface area contributed by atoms with Crippen LogP contribution in [-0.4, -0.2) is 29.4 Å². The number of fused-ring (bicyclic) bond motifs is 1. The Bertz CT molecular complexity index is 1090. The molecule has 1 heterocycles. The average Bonchev–Trinajstić information content (AvgIpc) is 3.21. The number of nitrogens with zero attached hydrogens (tertiary/aromatic N) is 2. The van der Waals surface area contributed by atoms with Crippen LogP contribution in [0.1, 0.15) is 18.0 Å². The van der Waals surface area contributed by atoms with Crippen molar-refractivity contribution >= 4 is 27.5 Å². The highest BCUT2D eigenvalue weighted by atomic mass is 32.1. The molecular formula is C24H22N2O2S. The van der Waals surface area contributed by atoms with E-state index in [0.29, 0.717) is 5.75 Å². The lowest BCUT2D eigenvalue weighted by atomic mass is 10.1. The number of rotatable bonds is 6. The maximum Gasteiger partial charge on any atom is 0.260 e. The molecule has 5 heteroatoms. The Kier molecular flexibility index (Phi) is 5.58. The van der Waals surface area contributed by atoms with Gasteiger partial charge in [-0.2, -0.15) is 0 Å². The molecule has 29 heavy (non-hydrogen) atoms. The summed E-state index contributed by atoms with van der Waals surface area (Å²) in [4.78, 5) is 19.1. The van der Waals surface area contributed by atoms with Gasteiger partial charge in [0.2, 0.25) is 0 Å². The molecule has 0 N–H and O–H groups in total. The summed E-state index contributed by atoms with van der Waals surface area (Å²) in [6.07, 6.45) is 0. The van der Waals surface area contributed by atoms with Crippen LogP contribution < -0.4 is 4.74 Å².